The molecule has 1 aromatic carbocycles. The SMILES string of the molecule is COC(=O)C1C(=O)CC2CCC1N2Cc1cccc(OC)c1. The van der Waals surface area contributed by atoms with Gasteiger partial charge < -0.3 is 9.47 Å². The van der Waals surface area contributed by atoms with Gasteiger partial charge >= 0.3 is 5.97 Å². The minimum absolute atomic E-state index is 0.0289. The van der Waals surface area contributed by atoms with E-state index in [-0.39, 0.29) is 17.9 Å². The number of piperidine rings is 1. The Morgan fingerprint density at radius 2 is 2.14 bits per heavy atom. The maximum absolute atomic E-state index is 12.2. The lowest BCUT2D eigenvalue weighted by Crippen LogP contribution is -2.51. The topological polar surface area (TPSA) is 55.8 Å². The van der Waals surface area contributed by atoms with Crippen molar-refractivity contribution < 1.29 is 19.1 Å². The van der Waals surface area contributed by atoms with Crippen molar-refractivity contribution in [2.24, 2.45) is 5.92 Å². The first-order valence-electron chi connectivity index (χ1n) is 7.63. The zero-order chi connectivity index (χ0) is 15.7. The second kappa shape index (κ2) is 6.08. The van der Waals surface area contributed by atoms with E-state index in [1.54, 1.807) is 7.11 Å². The number of hydrogen-bond donors (Lipinski definition) is 0. The number of benzene rings is 1. The van der Waals surface area contributed by atoms with Crippen molar-refractivity contribution in [1.82, 2.24) is 4.90 Å². The molecule has 3 rings (SSSR count). The Labute approximate surface area is 130 Å². The molecule has 0 radical (unpaired) electrons. The predicted octanol–water partition coefficient (Wildman–Crippen LogP) is 1.79. The molecule has 3 unspecified atom stereocenters. The molecule has 22 heavy (non-hydrogen) atoms. The van der Waals surface area contributed by atoms with E-state index in [9.17, 15) is 9.59 Å². The number of carbonyl (C=O) groups is 2. The van der Waals surface area contributed by atoms with E-state index in [1.807, 2.05) is 24.3 Å². The molecular formula is C17H21NO4. The smallest absolute Gasteiger partial charge is 0.317 e. The molecule has 0 saturated carbocycles. The van der Waals surface area contributed by atoms with Crippen molar-refractivity contribution in [2.75, 3.05) is 14.2 Å². The van der Waals surface area contributed by atoms with E-state index in [0.717, 1.165) is 30.7 Å². The lowest BCUT2D eigenvalue weighted by atomic mass is 9.88. The van der Waals surface area contributed by atoms with Gasteiger partial charge in [-0.05, 0) is 30.5 Å². The van der Waals surface area contributed by atoms with Gasteiger partial charge in [0.05, 0.1) is 14.2 Å². The summed E-state index contributed by atoms with van der Waals surface area (Å²) in [5, 5.41) is 0. The van der Waals surface area contributed by atoms with Crippen LogP contribution in [0.1, 0.15) is 24.8 Å². The Morgan fingerprint density at radius 3 is 2.86 bits per heavy atom. The van der Waals surface area contributed by atoms with Crippen molar-refractivity contribution in [3.05, 3.63) is 29.8 Å². The molecule has 2 saturated heterocycles. The van der Waals surface area contributed by atoms with Gasteiger partial charge in [-0.3, -0.25) is 14.5 Å². The van der Waals surface area contributed by atoms with Crippen LogP contribution in [-0.2, 0) is 20.9 Å². The van der Waals surface area contributed by atoms with Crippen LogP contribution in [0.2, 0.25) is 0 Å². The number of ether oxygens (including phenoxy) is 2. The van der Waals surface area contributed by atoms with Crippen molar-refractivity contribution in [3.63, 3.8) is 0 Å². The molecule has 5 nitrogen and oxygen atoms in total. The fraction of sp³-hybridized carbons (Fsp3) is 0.529. The molecule has 0 N–H and O–H groups in total. The van der Waals surface area contributed by atoms with Crippen LogP contribution in [0.3, 0.4) is 0 Å². The second-order valence-corrected chi connectivity index (χ2v) is 5.99. The lowest BCUT2D eigenvalue weighted by molar-refractivity contribution is -0.154. The Balaban J connectivity index is 1.81. The summed E-state index contributed by atoms with van der Waals surface area (Å²) >= 11 is 0. The number of methoxy groups -OCH3 is 2. The van der Waals surface area contributed by atoms with Crippen LogP contribution in [0.25, 0.3) is 0 Å². The molecule has 2 aliphatic rings. The number of carbonyl (C=O) groups excluding carboxylic acids is 2. The van der Waals surface area contributed by atoms with Gasteiger partial charge in [-0.2, -0.15) is 0 Å². The molecule has 2 aliphatic heterocycles. The van der Waals surface area contributed by atoms with Crippen LogP contribution in [0.15, 0.2) is 24.3 Å². The van der Waals surface area contributed by atoms with Crippen LogP contribution >= 0.6 is 0 Å². The van der Waals surface area contributed by atoms with E-state index in [0.29, 0.717) is 6.42 Å². The predicted molar refractivity (Wildman–Crippen MR) is 80.5 cm³/mol. The molecule has 118 valence electrons. The Hall–Kier alpha value is -1.88. The standard InChI is InChI=1S/C17H21NO4/c1-21-13-5-3-4-11(8-13)10-18-12-6-7-14(18)16(15(19)9-12)17(20)22-2/h3-5,8,12,14,16H,6-7,9-10H2,1-2H3. The van der Waals surface area contributed by atoms with Gasteiger partial charge in [-0.25, -0.2) is 0 Å². The maximum Gasteiger partial charge on any atom is 0.317 e. The highest BCUT2D eigenvalue weighted by molar-refractivity contribution is 6.00. The summed E-state index contributed by atoms with van der Waals surface area (Å²) in [7, 11) is 3.00. The molecule has 0 aromatic heterocycles. The van der Waals surface area contributed by atoms with Gasteiger partial charge in [0.2, 0.25) is 0 Å². The lowest BCUT2D eigenvalue weighted by Gasteiger charge is -2.37. The number of ketones is 1. The van der Waals surface area contributed by atoms with Gasteiger partial charge in [0.1, 0.15) is 17.5 Å². The summed E-state index contributed by atoms with van der Waals surface area (Å²) in [5.41, 5.74) is 1.13. The number of hydrogen-bond acceptors (Lipinski definition) is 5. The third kappa shape index (κ3) is 2.61. The fourth-order valence-electron chi connectivity index (χ4n) is 3.76. The molecule has 1 aromatic rings. The highest BCUT2D eigenvalue weighted by atomic mass is 16.5. The van der Waals surface area contributed by atoms with Crippen molar-refractivity contribution in [3.8, 4) is 5.75 Å². The van der Waals surface area contributed by atoms with Gasteiger partial charge in [0.25, 0.3) is 0 Å². The number of nitrogens with zero attached hydrogens (tertiary/aromatic N) is 1. The van der Waals surface area contributed by atoms with E-state index in [1.165, 1.54) is 7.11 Å². The van der Waals surface area contributed by atoms with E-state index < -0.39 is 11.9 Å². The molecule has 0 spiro atoms. The van der Waals surface area contributed by atoms with E-state index in [4.69, 9.17) is 9.47 Å². The Bertz CT molecular complexity index is 586. The summed E-state index contributed by atoms with van der Waals surface area (Å²) < 4.78 is 10.1. The summed E-state index contributed by atoms with van der Waals surface area (Å²) in [6.07, 6.45) is 2.29. The molecule has 0 amide bonds. The highest BCUT2D eigenvalue weighted by Gasteiger charge is 2.50. The Morgan fingerprint density at radius 1 is 1.32 bits per heavy atom. The Kier molecular flexibility index (Phi) is 4.16. The summed E-state index contributed by atoms with van der Waals surface area (Å²) in [5.74, 6) is -0.177. The molecule has 5 heteroatoms. The highest BCUT2D eigenvalue weighted by Crippen LogP contribution is 2.39. The van der Waals surface area contributed by atoms with E-state index in [2.05, 4.69) is 4.90 Å². The van der Waals surface area contributed by atoms with Crippen molar-refractivity contribution in [2.45, 2.75) is 37.9 Å². The number of rotatable bonds is 4. The molecule has 2 fully saturated rings. The number of esters is 1. The number of fused-ring (bicyclic) bond motifs is 2. The zero-order valence-corrected chi connectivity index (χ0v) is 13.0. The van der Waals surface area contributed by atoms with Crippen LogP contribution < -0.4 is 4.74 Å². The quantitative estimate of drug-likeness (QED) is 0.627. The maximum atomic E-state index is 12.2. The largest absolute Gasteiger partial charge is 0.497 e. The minimum atomic E-state index is -0.630. The normalized spacial score (nSPS) is 27.7. The van der Waals surface area contributed by atoms with Gasteiger partial charge in [0.15, 0.2) is 0 Å². The molecular weight excluding hydrogens is 282 g/mol. The second-order valence-electron chi connectivity index (χ2n) is 5.99. The third-order valence-electron chi connectivity index (χ3n) is 4.81. The number of Topliss-reactive ketones (excluding diaryl/α,β-unsaturated/α-hetero) is 1. The van der Waals surface area contributed by atoms with Gasteiger partial charge in [-0.1, -0.05) is 12.1 Å². The summed E-state index contributed by atoms with van der Waals surface area (Å²) in [6.45, 7) is 0.729. The fourth-order valence-corrected chi connectivity index (χ4v) is 3.76. The summed E-state index contributed by atoms with van der Waals surface area (Å²) in [6, 6.07) is 8.13. The minimum Gasteiger partial charge on any atom is -0.497 e. The average molecular weight is 303 g/mol. The van der Waals surface area contributed by atoms with Crippen LogP contribution in [-0.4, -0.2) is 43.0 Å². The van der Waals surface area contributed by atoms with E-state index >= 15 is 0 Å². The molecule has 2 heterocycles. The van der Waals surface area contributed by atoms with Gasteiger partial charge in [0, 0.05) is 25.0 Å². The van der Waals surface area contributed by atoms with Crippen molar-refractivity contribution >= 4 is 11.8 Å². The molecule has 0 aliphatic carbocycles. The van der Waals surface area contributed by atoms with Crippen LogP contribution in [0, 0.1) is 5.92 Å². The molecule has 2 bridgehead atoms. The first-order valence-corrected chi connectivity index (χ1v) is 7.63. The first kappa shape index (κ1) is 15.0. The monoisotopic (exact) mass is 303 g/mol. The average Bonchev–Trinajstić information content (AvgIpc) is 2.80. The van der Waals surface area contributed by atoms with Crippen LogP contribution in [0.4, 0.5) is 0 Å². The summed E-state index contributed by atoms with van der Waals surface area (Å²) in [4.78, 5) is 26.5. The van der Waals surface area contributed by atoms with Gasteiger partial charge in [-0.15, -0.1) is 0 Å². The first-order chi connectivity index (χ1) is 10.6. The van der Waals surface area contributed by atoms with Crippen LogP contribution in [0.5, 0.6) is 5.75 Å². The third-order valence-corrected chi connectivity index (χ3v) is 4.81. The van der Waals surface area contributed by atoms with Crippen molar-refractivity contribution in [1.29, 1.82) is 0 Å². The zero-order valence-electron chi connectivity index (χ0n) is 13.0. The molecule has 3 atom stereocenters.